The highest BCUT2D eigenvalue weighted by atomic mass is 19.1. The molecule has 0 saturated carbocycles. The van der Waals surface area contributed by atoms with Gasteiger partial charge in [-0.05, 0) is 51.1 Å². The number of ether oxygens (including phenoxy) is 1. The van der Waals surface area contributed by atoms with E-state index in [-0.39, 0.29) is 28.4 Å². The number of esters is 1. The molecule has 1 aliphatic heterocycles. The van der Waals surface area contributed by atoms with Crippen LogP contribution in [0.25, 0.3) is 0 Å². The fraction of sp³-hybridized carbons (Fsp3) is 0.238. The zero-order valence-corrected chi connectivity index (χ0v) is 16.7. The summed E-state index contributed by atoms with van der Waals surface area (Å²) < 4.78 is 18.6. The van der Waals surface area contributed by atoms with Crippen LogP contribution in [0.15, 0.2) is 48.0 Å². The number of aromatic amines is 1. The van der Waals surface area contributed by atoms with Crippen LogP contribution < -0.4 is 4.90 Å². The summed E-state index contributed by atoms with van der Waals surface area (Å²) in [5.74, 6) is -3.60. The Morgan fingerprint density at radius 3 is 2.27 bits per heavy atom. The van der Waals surface area contributed by atoms with Gasteiger partial charge in [0.15, 0.2) is 11.5 Å². The summed E-state index contributed by atoms with van der Waals surface area (Å²) in [6.45, 7) is 5.70. The van der Waals surface area contributed by atoms with Crippen LogP contribution in [-0.2, 0) is 14.3 Å². The van der Waals surface area contributed by atoms with Gasteiger partial charge in [-0.1, -0.05) is 0 Å². The van der Waals surface area contributed by atoms with Crippen molar-refractivity contribution in [3.05, 3.63) is 65.1 Å². The first kappa shape index (κ1) is 21.0. The molecule has 1 aromatic heterocycles. The molecule has 8 nitrogen and oxygen atoms in total. The quantitative estimate of drug-likeness (QED) is 0.426. The van der Waals surface area contributed by atoms with E-state index in [0.29, 0.717) is 13.1 Å². The second kappa shape index (κ2) is 8.32. The Kier molecular flexibility index (Phi) is 5.81. The molecule has 1 aliphatic rings. The van der Waals surface area contributed by atoms with Gasteiger partial charge in [-0.25, -0.2) is 14.1 Å². The van der Waals surface area contributed by atoms with Crippen molar-refractivity contribution in [3.63, 3.8) is 0 Å². The lowest BCUT2D eigenvalue weighted by atomic mass is 10.2. The molecule has 0 spiro atoms. The molecule has 0 aliphatic carbocycles. The van der Waals surface area contributed by atoms with Crippen LogP contribution in [0.5, 0.6) is 0 Å². The number of rotatable bonds is 7. The average Bonchev–Trinajstić information content (AvgIpc) is 3.30. The monoisotopic (exact) mass is 413 g/mol. The second-order valence-corrected chi connectivity index (χ2v) is 6.52. The maximum atomic E-state index is 13.3. The minimum absolute atomic E-state index is 0.0351. The number of carbonyl (C=O) groups excluding carboxylic acids is 4. The van der Waals surface area contributed by atoms with Gasteiger partial charge in [0.25, 0.3) is 5.91 Å². The molecular weight excluding hydrogens is 393 g/mol. The van der Waals surface area contributed by atoms with Crippen LogP contribution in [-0.4, -0.2) is 46.5 Å². The number of benzene rings is 1. The summed E-state index contributed by atoms with van der Waals surface area (Å²) in [6.07, 6.45) is 1.35. The van der Waals surface area contributed by atoms with E-state index in [0.717, 1.165) is 17.0 Å². The van der Waals surface area contributed by atoms with Gasteiger partial charge in [0.1, 0.15) is 11.5 Å². The topological polar surface area (TPSA) is 99.8 Å². The molecule has 0 unspecified atom stereocenters. The molecular formula is C21H20FN3O5. The van der Waals surface area contributed by atoms with Gasteiger partial charge in [0, 0.05) is 24.8 Å². The number of H-pyrrole nitrogens is 1. The summed E-state index contributed by atoms with van der Waals surface area (Å²) in [5, 5.41) is 0. The lowest BCUT2D eigenvalue weighted by molar-refractivity contribution is -0.122. The molecule has 9 heteroatoms. The Hall–Kier alpha value is -3.75. The molecule has 3 rings (SSSR count). The van der Waals surface area contributed by atoms with Gasteiger partial charge in [0.05, 0.1) is 5.69 Å². The number of halogens is 1. The van der Waals surface area contributed by atoms with E-state index < -0.39 is 29.4 Å². The van der Waals surface area contributed by atoms with Crippen molar-refractivity contribution < 1.29 is 28.3 Å². The number of anilines is 1. The molecule has 0 saturated heterocycles. The largest absolute Gasteiger partial charge is 0.413 e. The predicted octanol–water partition coefficient (Wildman–Crippen LogP) is 2.64. The van der Waals surface area contributed by atoms with E-state index in [2.05, 4.69) is 4.98 Å². The highest BCUT2D eigenvalue weighted by Gasteiger charge is 2.44. The van der Waals surface area contributed by atoms with Gasteiger partial charge < -0.3 is 14.6 Å². The first-order valence-electron chi connectivity index (χ1n) is 9.33. The van der Waals surface area contributed by atoms with E-state index in [4.69, 9.17) is 4.74 Å². The fourth-order valence-corrected chi connectivity index (χ4v) is 3.10. The first-order valence-corrected chi connectivity index (χ1v) is 9.33. The van der Waals surface area contributed by atoms with Crippen molar-refractivity contribution in [3.8, 4) is 0 Å². The van der Waals surface area contributed by atoms with Crippen LogP contribution in [0.1, 0.15) is 41.6 Å². The van der Waals surface area contributed by atoms with Crippen molar-refractivity contribution in [2.75, 3.05) is 18.0 Å². The van der Waals surface area contributed by atoms with Crippen molar-refractivity contribution in [1.29, 1.82) is 0 Å². The van der Waals surface area contributed by atoms with E-state index in [1.807, 2.05) is 0 Å². The van der Waals surface area contributed by atoms with Crippen LogP contribution in [0.3, 0.4) is 0 Å². The van der Waals surface area contributed by atoms with Crippen molar-refractivity contribution in [2.45, 2.75) is 20.8 Å². The lowest BCUT2D eigenvalue weighted by Gasteiger charge is -2.22. The third-order valence-corrected chi connectivity index (χ3v) is 4.69. The van der Waals surface area contributed by atoms with Crippen molar-refractivity contribution in [1.82, 2.24) is 9.88 Å². The number of hydrogen-bond acceptors (Lipinski definition) is 6. The van der Waals surface area contributed by atoms with E-state index in [1.165, 1.54) is 31.3 Å². The SMILES string of the molecule is CCN(CC)C1=C(OC(=O)c2cc(C(C)=O)c[nH]2)C(=O)N(c2ccc(F)cc2)C1=O. The number of amides is 2. The highest BCUT2D eigenvalue weighted by molar-refractivity contribution is 6.32. The standard InChI is InChI=1S/C21H20FN3O5/c1-4-24(5-2)17-18(30-21(29)16-10-13(11-23-16)12(3)26)20(28)25(19(17)27)15-8-6-14(22)7-9-15/h6-11,23H,4-5H2,1-3H3. The molecule has 156 valence electrons. The molecule has 1 N–H and O–H groups in total. The van der Waals surface area contributed by atoms with Gasteiger partial charge in [0.2, 0.25) is 5.76 Å². The third-order valence-electron chi connectivity index (χ3n) is 4.69. The molecule has 0 bridgehead atoms. The number of Topliss-reactive ketones (excluding diaryl/α,β-unsaturated/α-hetero) is 1. The van der Waals surface area contributed by atoms with E-state index >= 15 is 0 Å². The minimum atomic E-state index is -0.913. The number of ketones is 1. The van der Waals surface area contributed by atoms with Crippen molar-refractivity contribution in [2.24, 2.45) is 0 Å². The number of carbonyl (C=O) groups is 4. The summed E-state index contributed by atoms with van der Waals surface area (Å²) in [4.78, 5) is 55.1. The molecule has 30 heavy (non-hydrogen) atoms. The Bertz CT molecular complexity index is 1050. The molecule has 0 fully saturated rings. The summed E-state index contributed by atoms with van der Waals surface area (Å²) in [6, 6.07) is 6.14. The molecule has 0 atom stereocenters. The number of imide groups is 1. The minimum Gasteiger partial charge on any atom is -0.413 e. The predicted molar refractivity (Wildman–Crippen MR) is 105 cm³/mol. The van der Waals surface area contributed by atoms with Crippen LogP contribution in [0.2, 0.25) is 0 Å². The maximum absolute atomic E-state index is 13.3. The zero-order valence-electron chi connectivity index (χ0n) is 16.7. The van der Waals surface area contributed by atoms with Gasteiger partial charge >= 0.3 is 11.9 Å². The Morgan fingerprint density at radius 1 is 1.10 bits per heavy atom. The van der Waals surface area contributed by atoms with E-state index in [9.17, 15) is 23.6 Å². The maximum Gasteiger partial charge on any atom is 0.360 e. The average molecular weight is 413 g/mol. The normalized spacial score (nSPS) is 13.8. The van der Waals surface area contributed by atoms with Crippen LogP contribution in [0, 0.1) is 5.82 Å². The summed E-state index contributed by atoms with van der Waals surface area (Å²) in [5.41, 5.74) is 0.343. The fourth-order valence-electron chi connectivity index (χ4n) is 3.10. The molecule has 2 aromatic rings. The third kappa shape index (κ3) is 3.73. The first-order chi connectivity index (χ1) is 14.3. The number of likely N-dealkylation sites (N-methyl/N-ethyl adjacent to an activating group) is 1. The zero-order chi connectivity index (χ0) is 22.0. The Morgan fingerprint density at radius 2 is 1.73 bits per heavy atom. The Balaban J connectivity index is 1.99. The smallest absolute Gasteiger partial charge is 0.360 e. The molecule has 2 amide bonds. The molecule has 2 heterocycles. The number of nitrogens with zero attached hydrogens (tertiary/aromatic N) is 2. The molecule has 1 aromatic carbocycles. The Labute approximate surface area is 171 Å². The van der Waals surface area contributed by atoms with Gasteiger partial charge in [-0.3, -0.25) is 14.4 Å². The number of nitrogens with one attached hydrogen (secondary N) is 1. The lowest BCUT2D eigenvalue weighted by Crippen LogP contribution is -2.35. The summed E-state index contributed by atoms with van der Waals surface area (Å²) in [7, 11) is 0. The van der Waals surface area contributed by atoms with Gasteiger partial charge in [-0.15, -0.1) is 0 Å². The van der Waals surface area contributed by atoms with E-state index in [1.54, 1.807) is 18.7 Å². The summed E-state index contributed by atoms with van der Waals surface area (Å²) >= 11 is 0. The number of hydrogen-bond donors (Lipinski definition) is 1. The highest BCUT2D eigenvalue weighted by Crippen LogP contribution is 2.30. The number of aromatic nitrogens is 1. The molecule has 0 radical (unpaired) electrons. The van der Waals surface area contributed by atoms with Crippen LogP contribution >= 0.6 is 0 Å². The van der Waals surface area contributed by atoms with Gasteiger partial charge in [-0.2, -0.15) is 0 Å². The van der Waals surface area contributed by atoms with Crippen molar-refractivity contribution >= 4 is 29.3 Å². The van der Waals surface area contributed by atoms with Crippen LogP contribution in [0.4, 0.5) is 10.1 Å². The second-order valence-electron chi connectivity index (χ2n) is 6.52.